The van der Waals surface area contributed by atoms with Gasteiger partial charge in [0.05, 0.1) is 31.2 Å². The molecular weight excluding hydrogens is 322 g/mol. The molecule has 2 N–H and O–H groups in total. The highest BCUT2D eigenvalue weighted by molar-refractivity contribution is 6.33. The minimum Gasteiger partial charge on any atom is -0.378 e. The number of rotatable bonds is 6. The van der Waals surface area contributed by atoms with Crippen molar-refractivity contribution in [3.8, 4) is 0 Å². The molecule has 1 amide bonds. The van der Waals surface area contributed by atoms with Crippen LogP contribution >= 0.6 is 11.6 Å². The summed E-state index contributed by atoms with van der Waals surface area (Å²) in [5.41, 5.74) is 2.86. The fraction of sp³-hybridized carbons (Fsp3) is 0.316. The number of anilines is 1. The SMILES string of the molecule is CN(C)c1ccc([C@@H](CNC(=O)c2ccccc2Cl)[NH+](C)C)cc1. The molecule has 1 atom stereocenters. The van der Waals surface area contributed by atoms with Gasteiger partial charge in [-0.1, -0.05) is 35.9 Å². The molecule has 0 heterocycles. The monoisotopic (exact) mass is 346 g/mol. The van der Waals surface area contributed by atoms with E-state index in [4.69, 9.17) is 11.6 Å². The zero-order chi connectivity index (χ0) is 17.7. The van der Waals surface area contributed by atoms with Crippen LogP contribution in [0.1, 0.15) is 22.0 Å². The molecular formula is C19H25ClN3O+. The molecule has 2 aromatic rings. The van der Waals surface area contributed by atoms with Crippen molar-refractivity contribution in [2.75, 3.05) is 39.6 Å². The van der Waals surface area contributed by atoms with E-state index < -0.39 is 0 Å². The maximum atomic E-state index is 12.4. The number of halogens is 1. The molecule has 0 bridgehead atoms. The first-order valence-electron chi connectivity index (χ1n) is 8.00. The molecule has 0 radical (unpaired) electrons. The number of likely N-dealkylation sites (N-methyl/N-ethyl adjacent to an activating group) is 1. The van der Waals surface area contributed by atoms with Crippen molar-refractivity contribution in [3.05, 3.63) is 64.7 Å². The molecule has 2 rings (SSSR count). The second-order valence-electron chi connectivity index (χ2n) is 6.31. The number of amides is 1. The first-order valence-corrected chi connectivity index (χ1v) is 8.38. The number of hydrogen-bond donors (Lipinski definition) is 2. The topological polar surface area (TPSA) is 36.8 Å². The van der Waals surface area contributed by atoms with Gasteiger partial charge in [0.25, 0.3) is 5.91 Å². The van der Waals surface area contributed by atoms with Crippen LogP contribution in [0.2, 0.25) is 5.02 Å². The predicted octanol–water partition coefficient (Wildman–Crippen LogP) is 2.02. The minimum absolute atomic E-state index is 0.142. The van der Waals surface area contributed by atoms with E-state index in [-0.39, 0.29) is 11.9 Å². The first-order chi connectivity index (χ1) is 11.4. The highest BCUT2D eigenvalue weighted by Gasteiger charge is 2.20. The minimum atomic E-state index is -0.142. The lowest BCUT2D eigenvalue weighted by atomic mass is 10.0. The summed E-state index contributed by atoms with van der Waals surface area (Å²) in [6, 6.07) is 15.7. The molecule has 0 saturated heterocycles. The highest BCUT2D eigenvalue weighted by Crippen LogP contribution is 2.17. The number of benzene rings is 2. The van der Waals surface area contributed by atoms with Crippen molar-refractivity contribution in [2.45, 2.75) is 6.04 Å². The Morgan fingerprint density at radius 3 is 2.29 bits per heavy atom. The largest absolute Gasteiger partial charge is 0.378 e. The fourth-order valence-electron chi connectivity index (χ4n) is 2.60. The summed E-state index contributed by atoms with van der Waals surface area (Å²) in [6.07, 6.45) is 0. The third kappa shape index (κ3) is 4.49. The molecule has 0 aliphatic carbocycles. The molecule has 0 saturated carbocycles. The van der Waals surface area contributed by atoms with E-state index in [1.807, 2.05) is 26.2 Å². The maximum Gasteiger partial charge on any atom is 0.253 e. The lowest BCUT2D eigenvalue weighted by Crippen LogP contribution is -3.07. The standard InChI is InChI=1S/C19H24ClN3O/c1-22(2)15-11-9-14(10-12-15)18(23(3)4)13-21-19(24)16-7-5-6-8-17(16)20/h5-12,18H,13H2,1-4H3,(H,21,24)/p+1/t18-/m1/s1. The van der Waals surface area contributed by atoms with E-state index in [2.05, 4.69) is 48.6 Å². The van der Waals surface area contributed by atoms with Gasteiger partial charge in [-0.2, -0.15) is 0 Å². The van der Waals surface area contributed by atoms with Crippen LogP contribution in [-0.2, 0) is 0 Å². The van der Waals surface area contributed by atoms with Crippen LogP contribution in [0.15, 0.2) is 48.5 Å². The van der Waals surface area contributed by atoms with E-state index in [0.29, 0.717) is 17.1 Å². The van der Waals surface area contributed by atoms with E-state index in [1.54, 1.807) is 12.1 Å². The lowest BCUT2D eigenvalue weighted by Gasteiger charge is -2.23. The van der Waals surface area contributed by atoms with Crippen LogP contribution in [0.25, 0.3) is 0 Å². The van der Waals surface area contributed by atoms with Gasteiger partial charge >= 0.3 is 0 Å². The van der Waals surface area contributed by atoms with E-state index in [1.165, 1.54) is 10.5 Å². The van der Waals surface area contributed by atoms with Gasteiger partial charge in [-0.25, -0.2) is 0 Å². The van der Waals surface area contributed by atoms with Crippen molar-refractivity contribution in [2.24, 2.45) is 0 Å². The van der Waals surface area contributed by atoms with E-state index >= 15 is 0 Å². The van der Waals surface area contributed by atoms with Gasteiger partial charge in [-0.3, -0.25) is 4.79 Å². The van der Waals surface area contributed by atoms with Crippen LogP contribution in [0.4, 0.5) is 5.69 Å². The molecule has 4 nitrogen and oxygen atoms in total. The van der Waals surface area contributed by atoms with Crippen molar-refractivity contribution >= 4 is 23.2 Å². The molecule has 128 valence electrons. The smallest absolute Gasteiger partial charge is 0.253 e. The molecule has 0 fully saturated rings. The summed E-state index contributed by atoms with van der Waals surface area (Å²) in [7, 11) is 8.22. The molecule has 0 aliphatic rings. The summed E-state index contributed by atoms with van der Waals surface area (Å²) in [5, 5.41) is 3.47. The summed E-state index contributed by atoms with van der Waals surface area (Å²) < 4.78 is 0. The molecule has 24 heavy (non-hydrogen) atoms. The van der Waals surface area contributed by atoms with Gasteiger partial charge in [-0.05, 0) is 24.3 Å². The molecule has 0 unspecified atom stereocenters. The zero-order valence-corrected chi connectivity index (χ0v) is 15.4. The van der Waals surface area contributed by atoms with Crippen molar-refractivity contribution in [1.82, 2.24) is 5.32 Å². The van der Waals surface area contributed by atoms with Crippen LogP contribution in [0, 0.1) is 0 Å². The maximum absolute atomic E-state index is 12.4. The average Bonchev–Trinajstić information content (AvgIpc) is 2.55. The van der Waals surface area contributed by atoms with E-state index in [0.717, 1.165) is 5.69 Å². The number of quaternary nitrogens is 1. The van der Waals surface area contributed by atoms with Crippen LogP contribution < -0.4 is 15.1 Å². The van der Waals surface area contributed by atoms with Gasteiger partial charge in [0.15, 0.2) is 0 Å². The van der Waals surface area contributed by atoms with Crippen LogP contribution in [0.5, 0.6) is 0 Å². The quantitative estimate of drug-likeness (QED) is 0.839. The Hall–Kier alpha value is -2.04. The fourth-order valence-corrected chi connectivity index (χ4v) is 2.82. The Bertz CT molecular complexity index is 683. The van der Waals surface area contributed by atoms with Crippen LogP contribution in [0.3, 0.4) is 0 Å². The molecule has 2 aromatic carbocycles. The first kappa shape index (κ1) is 18.3. The molecule has 5 heteroatoms. The van der Waals surface area contributed by atoms with E-state index in [9.17, 15) is 4.79 Å². The van der Waals surface area contributed by atoms with Crippen molar-refractivity contribution in [1.29, 1.82) is 0 Å². The molecule has 0 spiro atoms. The third-order valence-electron chi connectivity index (χ3n) is 4.09. The number of hydrogen-bond acceptors (Lipinski definition) is 2. The Balaban J connectivity index is 2.09. The predicted molar refractivity (Wildman–Crippen MR) is 100 cm³/mol. The number of nitrogens with one attached hydrogen (secondary N) is 2. The Morgan fingerprint density at radius 1 is 1.12 bits per heavy atom. The number of nitrogens with zero attached hydrogens (tertiary/aromatic N) is 1. The highest BCUT2D eigenvalue weighted by atomic mass is 35.5. The number of carbonyl (C=O) groups is 1. The summed E-state index contributed by atoms with van der Waals surface area (Å²) >= 11 is 6.09. The second-order valence-corrected chi connectivity index (χ2v) is 6.71. The van der Waals surface area contributed by atoms with Crippen molar-refractivity contribution in [3.63, 3.8) is 0 Å². The molecule has 0 aliphatic heterocycles. The Morgan fingerprint density at radius 2 is 1.75 bits per heavy atom. The lowest BCUT2D eigenvalue weighted by molar-refractivity contribution is -0.890. The Labute approximate surface area is 149 Å². The van der Waals surface area contributed by atoms with Gasteiger partial charge in [-0.15, -0.1) is 0 Å². The second kappa shape index (κ2) is 8.18. The Kier molecular flexibility index (Phi) is 6.23. The van der Waals surface area contributed by atoms with Crippen molar-refractivity contribution < 1.29 is 9.69 Å². The van der Waals surface area contributed by atoms with Gasteiger partial charge < -0.3 is 15.1 Å². The number of carbonyl (C=O) groups excluding carboxylic acids is 1. The van der Waals surface area contributed by atoms with Gasteiger partial charge in [0.1, 0.15) is 6.04 Å². The zero-order valence-electron chi connectivity index (χ0n) is 14.6. The average molecular weight is 347 g/mol. The summed E-state index contributed by atoms with van der Waals surface area (Å²) in [6.45, 7) is 0.549. The summed E-state index contributed by atoms with van der Waals surface area (Å²) in [5.74, 6) is -0.142. The third-order valence-corrected chi connectivity index (χ3v) is 4.42. The van der Waals surface area contributed by atoms with Gasteiger partial charge in [0.2, 0.25) is 0 Å². The van der Waals surface area contributed by atoms with Crippen LogP contribution in [-0.4, -0.2) is 40.6 Å². The van der Waals surface area contributed by atoms with Gasteiger partial charge in [0, 0.05) is 25.3 Å². The molecule has 0 aromatic heterocycles. The summed E-state index contributed by atoms with van der Waals surface area (Å²) in [4.78, 5) is 15.7. The normalized spacial score (nSPS) is 12.1.